The molecule has 1 aromatic rings. The molecule has 0 spiro atoms. The molecule has 2 rings (SSSR count). The van der Waals surface area contributed by atoms with Gasteiger partial charge in [-0.05, 0) is 38.2 Å². The fourth-order valence-electron chi connectivity index (χ4n) is 2.42. The topological polar surface area (TPSA) is 64.3 Å². The van der Waals surface area contributed by atoms with Gasteiger partial charge >= 0.3 is 0 Å². The second-order valence-corrected chi connectivity index (χ2v) is 6.31. The summed E-state index contributed by atoms with van der Waals surface area (Å²) in [5, 5.41) is 19.1. The van der Waals surface area contributed by atoms with Gasteiger partial charge in [-0.25, -0.2) is 0 Å². The van der Waals surface area contributed by atoms with Gasteiger partial charge in [-0.1, -0.05) is 11.6 Å². The zero-order valence-electron chi connectivity index (χ0n) is 11.7. The highest BCUT2D eigenvalue weighted by Gasteiger charge is 2.36. The van der Waals surface area contributed by atoms with E-state index >= 15 is 0 Å². The first-order valence-electron chi connectivity index (χ1n) is 6.56. The summed E-state index contributed by atoms with van der Waals surface area (Å²) in [6.07, 6.45) is 3.28. The molecule has 1 saturated heterocycles. The third-order valence-corrected chi connectivity index (χ3v) is 5.12. The summed E-state index contributed by atoms with van der Waals surface area (Å²) in [4.78, 5) is 14.2. The summed E-state index contributed by atoms with van der Waals surface area (Å²) in [6.45, 7) is 3.00. The van der Waals surface area contributed by atoms with Crippen LogP contribution in [0, 0.1) is 18.3 Å². The Morgan fingerprint density at radius 3 is 2.65 bits per heavy atom. The first kappa shape index (κ1) is 14.7. The smallest absolute Gasteiger partial charge is 0.257 e. The molecule has 1 aliphatic heterocycles. The quantitative estimate of drug-likeness (QED) is 0.909. The number of piperidine rings is 1. The minimum Gasteiger partial charge on any atom is -0.507 e. The summed E-state index contributed by atoms with van der Waals surface area (Å²) in [5.74, 6) is -0.138. The van der Waals surface area contributed by atoms with Crippen LogP contribution >= 0.6 is 11.8 Å². The molecular formula is C15H18N2O2S. The number of phenols is 1. The van der Waals surface area contributed by atoms with E-state index in [0.29, 0.717) is 31.5 Å². The lowest BCUT2D eigenvalue weighted by Gasteiger charge is -2.36. The maximum absolute atomic E-state index is 12.4. The van der Waals surface area contributed by atoms with Crippen LogP contribution in [0.2, 0.25) is 0 Å². The molecule has 1 N–H and O–H groups in total. The molecule has 1 fully saturated rings. The zero-order chi connectivity index (χ0) is 14.8. The van der Waals surface area contributed by atoms with Crippen molar-refractivity contribution in [3.8, 4) is 11.8 Å². The highest BCUT2D eigenvalue weighted by Crippen LogP contribution is 2.34. The molecule has 1 heterocycles. The van der Waals surface area contributed by atoms with Crippen molar-refractivity contribution < 1.29 is 9.90 Å². The van der Waals surface area contributed by atoms with Crippen LogP contribution in [-0.4, -0.2) is 40.0 Å². The van der Waals surface area contributed by atoms with E-state index in [9.17, 15) is 15.2 Å². The van der Waals surface area contributed by atoms with E-state index in [2.05, 4.69) is 6.07 Å². The number of hydrogen-bond donors (Lipinski definition) is 1. The van der Waals surface area contributed by atoms with Gasteiger partial charge in [0.05, 0.1) is 11.6 Å². The van der Waals surface area contributed by atoms with Crippen LogP contribution in [0.3, 0.4) is 0 Å². The molecule has 20 heavy (non-hydrogen) atoms. The van der Waals surface area contributed by atoms with Gasteiger partial charge in [0, 0.05) is 13.1 Å². The summed E-state index contributed by atoms with van der Waals surface area (Å²) in [6, 6.07) is 7.39. The maximum Gasteiger partial charge on any atom is 0.257 e. The molecule has 0 unspecified atom stereocenters. The predicted molar refractivity (Wildman–Crippen MR) is 79.8 cm³/mol. The molecular weight excluding hydrogens is 272 g/mol. The first-order chi connectivity index (χ1) is 9.51. The fourth-order valence-corrected chi connectivity index (χ4v) is 3.11. The number of rotatable bonds is 2. The Labute approximate surface area is 123 Å². The number of carbonyl (C=O) groups is 1. The number of hydrogen-bond acceptors (Lipinski definition) is 4. The molecule has 1 aromatic carbocycles. The Morgan fingerprint density at radius 2 is 2.10 bits per heavy atom. The molecule has 0 radical (unpaired) electrons. The van der Waals surface area contributed by atoms with E-state index in [1.165, 1.54) is 0 Å². The lowest BCUT2D eigenvalue weighted by Crippen LogP contribution is -2.44. The van der Waals surface area contributed by atoms with E-state index in [1.54, 1.807) is 34.9 Å². The fraction of sp³-hybridized carbons (Fsp3) is 0.467. The van der Waals surface area contributed by atoms with Gasteiger partial charge in [-0.2, -0.15) is 5.26 Å². The number of amides is 1. The Hall–Kier alpha value is -1.67. The minimum absolute atomic E-state index is 0.0163. The van der Waals surface area contributed by atoms with Gasteiger partial charge in [0.1, 0.15) is 10.5 Å². The van der Waals surface area contributed by atoms with Crippen molar-refractivity contribution >= 4 is 17.7 Å². The molecule has 1 aliphatic rings. The Kier molecular flexibility index (Phi) is 4.24. The molecule has 0 aliphatic carbocycles. The molecule has 0 aromatic heterocycles. The van der Waals surface area contributed by atoms with Crippen LogP contribution < -0.4 is 0 Å². The van der Waals surface area contributed by atoms with E-state index in [1.807, 2.05) is 13.2 Å². The van der Waals surface area contributed by atoms with E-state index in [0.717, 1.165) is 5.56 Å². The van der Waals surface area contributed by atoms with Crippen LogP contribution in [0.4, 0.5) is 0 Å². The summed E-state index contributed by atoms with van der Waals surface area (Å²) in [7, 11) is 0. The molecule has 0 atom stereocenters. The van der Waals surface area contributed by atoms with Crippen molar-refractivity contribution in [3.63, 3.8) is 0 Å². The van der Waals surface area contributed by atoms with Crippen LogP contribution in [0.1, 0.15) is 28.8 Å². The highest BCUT2D eigenvalue weighted by atomic mass is 32.2. The number of phenolic OH excluding ortho intramolecular Hbond substituents is 1. The SMILES string of the molecule is CSC1(C#N)CCN(C(=O)c2cc(C)ccc2O)CC1. The van der Waals surface area contributed by atoms with Gasteiger partial charge < -0.3 is 10.0 Å². The first-order valence-corrected chi connectivity index (χ1v) is 7.79. The monoisotopic (exact) mass is 290 g/mol. The Balaban J connectivity index is 2.13. The predicted octanol–water partition coefficient (Wildman–Crippen LogP) is 2.56. The average Bonchev–Trinajstić information content (AvgIpc) is 2.49. The largest absolute Gasteiger partial charge is 0.507 e. The highest BCUT2D eigenvalue weighted by molar-refractivity contribution is 8.00. The van der Waals surface area contributed by atoms with Crippen LogP contribution in [0.5, 0.6) is 5.75 Å². The third-order valence-electron chi connectivity index (χ3n) is 3.84. The van der Waals surface area contributed by atoms with Crippen LogP contribution in [-0.2, 0) is 0 Å². The number of benzene rings is 1. The normalized spacial score (nSPS) is 17.6. The molecule has 0 bridgehead atoms. The van der Waals surface area contributed by atoms with Crippen molar-refractivity contribution in [1.29, 1.82) is 5.26 Å². The van der Waals surface area contributed by atoms with Crippen molar-refractivity contribution in [3.05, 3.63) is 29.3 Å². The maximum atomic E-state index is 12.4. The molecule has 5 heteroatoms. The van der Waals surface area contributed by atoms with Gasteiger partial charge in [0.25, 0.3) is 5.91 Å². The van der Waals surface area contributed by atoms with Crippen molar-refractivity contribution in [2.45, 2.75) is 24.5 Å². The Bertz CT molecular complexity index is 557. The Morgan fingerprint density at radius 1 is 1.45 bits per heavy atom. The molecule has 0 saturated carbocycles. The summed E-state index contributed by atoms with van der Waals surface area (Å²) in [5.41, 5.74) is 1.29. The van der Waals surface area contributed by atoms with Crippen LogP contribution in [0.15, 0.2) is 18.2 Å². The number of likely N-dealkylation sites (tertiary alicyclic amines) is 1. The van der Waals surface area contributed by atoms with Crippen molar-refractivity contribution in [2.75, 3.05) is 19.3 Å². The number of thioether (sulfide) groups is 1. The second-order valence-electron chi connectivity index (χ2n) is 5.12. The van der Waals surface area contributed by atoms with Crippen LogP contribution in [0.25, 0.3) is 0 Å². The number of carbonyl (C=O) groups excluding carboxylic acids is 1. The van der Waals surface area contributed by atoms with Gasteiger partial charge in [0.15, 0.2) is 0 Å². The average molecular weight is 290 g/mol. The van der Waals surface area contributed by atoms with Gasteiger partial charge in [-0.3, -0.25) is 4.79 Å². The zero-order valence-corrected chi connectivity index (χ0v) is 12.5. The lowest BCUT2D eigenvalue weighted by atomic mass is 9.96. The van der Waals surface area contributed by atoms with Crippen molar-refractivity contribution in [2.24, 2.45) is 0 Å². The standard InChI is InChI=1S/C15H18N2O2S/c1-11-3-4-13(18)12(9-11)14(19)17-7-5-15(10-16,20-2)6-8-17/h3-4,9,18H,5-8H2,1-2H3. The number of aromatic hydroxyl groups is 1. The molecule has 106 valence electrons. The van der Waals surface area contributed by atoms with E-state index in [-0.39, 0.29) is 16.4 Å². The van der Waals surface area contributed by atoms with E-state index < -0.39 is 0 Å². The molecule has 4 nitrogen and oxygen atoms in total. The number of aryl methyl sites for hydroxylation is 1. The van der Waals surface area contributed by atoms with Gasteiger partial charge in [-0.15, -0.1) is 11.8 Å². The molecule has 1 amide bonds. The third kappa shape index (κ3) is 2.75. The number of nitrogens with zero attached hydrogens (tertiary/aromatic N) is 2. The van der Waals surface area contributed by atoms with E-state index in [4.69, 9.17) is 0 Å². The van der Waals surface area contributed by atoms with Gasteiger partial charge in [0.2, 0.25) is 0 Å². The summed E-state index contributed by atoms with van der Waals surface area (Å²) >= 11 is 1.56. The minimum atomic E-state index is -0.370. The van der Waals surface area contributed by atoms with Crippen molar-refractivity contribution in [1.82, 2.24) is 4.90 Å². The lowest BCUT2D eigenvalue weighted by molar-refractivity contribution is 0.0713. The summed E-state index contributed by atoms with van der Waals surface area (Å²) < 4.78 is -0.370. The second kappa shape index (κ2) is 5.76. The number of nitriles is 1.